The molecule has 0 spiro atoms. The van der Waals surface area contributed by atoms with Crippen LogP contribution in [0.25, 0.3) is 0 Å². The zero-order valence-corrected chi connectivity index (χ0v) is 10.9. The first-order valence-electron chi connectivity index (χ1n) is 6.34. The van der Waals surface area contributed by atoms with E-state index in [1.165, 1.54) is 11.3 Å². The third-order valence-electron chi connectivity index (χ3n) is 2.83. The third kappa shape index (κ3) is 5.20. The van der Waals surface area contributed by atoms with Gasteiger partial charge in [-0.2, -0.15) is 0 Å². The maximum Gasteiger partial charge on any atom is 0.0664 e. The standard InChI is InChI=1S/C14H24N2O/c1-3-12-6-4-7-13(10-12)16-14(11-17-2)8-5-9-15/h4,6-7,10,14,16H,3,5,8-9,11,15H2,1-2H3. The van der Waals surface area contributed by atoms with Crippen LogP contribution >= 0.6 is 0 Å². The van der Waals surface area contributed by atoms with Gasteiger partial charge >= 0.3 is 0 Å². The maximum atomic E-state index is 5.54. The summed E-state index contributed by atoms with van der Waals surface area (Å²) in [6, 6.07) is 8.88. The van der Waals surface area contributed by atoms with Gasteiger partial charge < -0.3 is 15.8 Å². The molecule has 0 aromatic heterocycles. The van der Waals surface area contributed by atoms with Crippen molar-refractivity contribution in [1.82, 2.24) is 0 Å². The van der Waals surface area contributed by atoms with Crippen LogP contribution in [-0.4, -0.2) is 26.3 Å². The number of hydrogen-bond acceptors (Lipinski definition) is 3. The Bertz CT molecular complexity index is 315. The summed E-state index contributed by atoms with van der Waals surface area (Å²) in [5, 5.41) is 3.51. The Hall–Kier alpha value is -1.06. The van der Waals surface area contributed by atoms with Crippen molar-refractivity contribution in [3.8, 4) is 0 Å². The van der Waals surface area contributed by atoms with Crippen LogP contribution in [0.15, 0.2) is 24.3 Å². The molecule has 0 heterocycles. The highest BCUT2D eigenvalue weighted by Crippen LogP contribution is 2.14. The second-order valence-electron chi connectivity index (χ2n) is 4.28. The molecular weight excluding hydrogens is 212 g/mol. The zero-order valence-electron chi connectivity index (χ0n) is 10.9. The van der Waals surface area contributed by atoms with Gasteiger partial charge in [0.05, 0.1) is 6.61 Å². The highest BCUT2D eigenvalue weighted by atomic mass is 16.5. The van der Waals surface area contributed by atoms with Crippen LogP contribution in [0.4, 0.5) is 5.69 Å². The lowest BCUT2D eigenvalue weighted by atomic mass is 10.1. The van der Waals surface area contributed by atoms with Gasteiger partial charge in [0.1, 0.15) is 0 Å². The highest BCUT2D eigenvalue weighted by molar-refractivity contribution is 5.46. The number of methoxy groups -OCH3 is 1. The summed E-state index contributed by atoms with van der Waals surface area (Å²) in [6.07, 6.45) is 3.13. The fourth-order valence-electron chi connectivity index (χ4n) is 1.88. The Labute approximate surface area is 104 Å². The molecule has 0 amide bonds. The predicted octanol–water partition coefficient (Wildman–Crippen LogP) is 2.41. The van der Waals surface area contributed by atoms with Crippen LogP contribution in [0.3, 0.4) is 0 Å². The van der Waals surface area contributed by atoms with Crippen molar-refractivity contribution < 1.29 is 4.74 Å². The minimum atomic E-state index is 0.343. The number of nitrogens with two attached hydrogens (primary N) is 1. The van der Waals surface area contributed by atoms with Gasteiger partial charge in [-0.25, -0.2) is 0 Å². The first-order valence-corrected chi connectivity index (χ1v) is 6.34. The number of ether oxygens (including phenoxy) is 1. The van der Waals surface area contributed by atoms with Crippen LogP contribution in [-0.2, 0) is 11.2 Å². The van der Waals surface area contributed by atoms with Crippen molar-refractivity contribution in [1.29, 1.82) is 0 Å². The molecule has 0 saturated carbocycles. The number of hydrogen-bond donors (Lipinski definition) is 2. The van der Waals surface area contributed by atoms with Gasteiger partial charge in [-0.3, -0.25) is 0 Å². The largest absolute Gasteiger partial charge is 0.383 e. The second kappa shape index (κ2) is 8.09. The van der Waals surface area contributed by atoms with E-state index in [1.807, 2.05) is 0 Å². The number of benzene rings is 1. The molecule has 0 aliphatic heterocycles. The smallest absolute Gasteiger partial charge is 0.0664 e. The lowest BCUT2D eigenvalue weighted by Crippen LogP contribution is -2.25. The summed E-state index contributed by atoms with van der Waals surface area (Å²) in [7, 11) is 1.74. The fraction of sp³-hybridized carbons (Fsp3) is 0.571. The van der Waals surface area contributed by atoms with E-state index in [0.717, 1.165) is 32.4 Å². The molecule has 1 aromatic carbocycles. The lowest BCUT2D eigenvalue weighted by Gasteiger charge is -2.19. The van der Waals surface area contributed by atoms with Gasteiger partial charge in [-0.1, -0.05) is 19.1 Å². The molecule has 3 heteroatoms. The van der Waals surface area contributed by atoms with Crippen molar-refractivity contribution in [2.45, 2.75) is 32.2 Å². The van der Waals surface area contributed by atoms with E-state index in [0.29, 0.717) is 6.04 Å². The van der Waals surface area contributed by atoms with Crippen LogP contribution in [0.5, 0.6) is 0 Å². The number of rotatable bonds is 8. The molecule has 0 bridgehead atoms. The summed E-state index contributed by atoms with van der Waals surface area (Å²) < 4.78 is 5.23. The van der Waals surface area contributed by atoms with Crippen molar-refractivity contribution in [3.63, 3.8) is 0 Å². The molecule has 0 saturated heterocycles. The number of nitrogens with one attached hydrogen (secondary N) is 1. The lowest BCUT2D eigenvalue weighted by molar-refractivity contribution is 0.182. The number of aryl methyl sites for hydroxylation is 1. The summed E-state index contributed by atoms with van der Waals surface area (Å²) in [5.41, 5.74) is 8.07. The van der Waals surface area contributed by atoms with Gasteiger partial charge in [-0.15, -0.1) is 0 Å². The van der Waals surface area contributed by atoms with Crippen LogP contribution in [0.1, 0.15) is 25.3 Å². The Kier molecular flexibility index (Phi) is 6.67. The van der Waals surface area contributed by atoms with E-state index in [2.05, 4.69) is 36.5 Å². The van der Waals surface area contributed by atoms with Crippen LogP contribution in [0, 0.1) is 0 Å². The van der Waals surface area contributed by atoms with Gasteiger partial charge in [0, 0.05) is 18.8 Å². The van der Waals surface area contributed by atoms with E-state index in [1.54, 1.807) is 7.11 Å². The highest BCUT2D eigenvalue weighted by Gasteiger charge is 2.07. The molecule has 17 heavy (non-hydrogen) atoms. The summed E-state index contributed by atoms with van der Waals surface area (Å²) >= 11 is 0. The molecular formula is C14H24N2O. The average molecular weight is 236 g/mol. The minimum Gasteiger partial charge on any atom is -0.383 e. The van der Waals surface area contributed by atoms with Gasteiger partial charge in [-0.05, 0) is 43.5 Å². The summed E-state index contributed by atoms with van der Waals surface area (Å²) in [6.45, 7) is 3.62. The van der Waals surface area contributed by atoms with E-state index in [-0.39, 0.29) is 0 Å². The molecule has 1 atom stereocenters. The Balaban J connectivity index is 2.57. The molecule has 1 unspecified atom stereocenters. The second-order valence-corrected chi connectivity index (χ2v) is 4.28. The average Bonchev–Trinajstić information content (AvgIpc) is 2.36. The molecule has 3 N–H and O–H groups in total. The number of anilines is 1. The quantitative estimate of drug-likeness (QED) is 0.728. The van der Waals surface area contributed by atoms with Crippen LogP contribution < -0.4 is 11.1 Å². The molecule has 0 aliphatic carbocycles. The molecule has 0 aliphatic rings. The summed E-state index contributed by atoms with van der Waals surface area (Å²) in [4.78, 5) is 0. The van der Waals surface area contributed by atoms with E-state index in [4.69, 9.17) is 10.5 Å². The zero-order chi connectivity index (χ0) is 12.5. The molecule has 3 nitrogen and oxygen atoms in total. The van der Waals surface area contributed by atoms with E-state index < -0.39 is 0 Å². The first-order chi connectivity index (χ1) is 8.30. The van der Waals surface area contributed by atoms with Crippen molar-refractivity contribution in [3.05, 3.63) is 29.8 Å². The fourth-order valence-corrected chi connectivity index (χ4v) is 1.88. The molecule has 0 radical (unpaired) electrons. The van der Waals surface area contributed by atoms with Crippen LogP contribution in [0.2, 0.25) is 0 Å². The molecule has 96 valence electrons. The maximum absolute atomic E-state index is 5.54. The van der Waals surface area contributed by atoms with Gasteiger partial charge in [0.2, 0.25) is 0 Å². The molecule has 0 fully saturated rings. The van der Waals surface area contributed by atoms with Crippen molar-refractivity contribution in [2.75, 3.05) is 25.6 Å². The molecule has 1 rings (SSSR count). The summed E-state index contributed by atoms with van der Waals surface area (Å²) in [5.74, 6) is 0. The Morgan fingerprint density at radius 2 is 2.24 bits per heavy atom. The van der Waals surface area contributed by atoms with E-state index in [9.17, 15) is 0 Å². The van der Waals surface area contributed by atoms with Gasteiger partial charge in [0.25, 0.3) is 0 Å². The predicted molar refractivity (Wildman–Crippen MR) is 73.4 cm³/mol. The van der Waals surface area contributed by atoms with Crippen molar-refractivity contribution >= 4 is 5.69 Å². The first kappa shape index (κ1) is 14.0. The van der Waals surface area contributed by atoms with Gasteiger partial charge in [0.15, 0.2) is 0 Å². The Morgan fingerprint density at radius 3 is 2.88 bits per heavy atom. The molecule has 1 aromatic rings. The topological polar surface area (TPSA) is 47.3 Å². The van der Waals surface area contributed by atoms with E-state index >= 15 is 0 Å². The Morgan fingerprint density at radius 1 is 1.41 bits per heavy atom. The normalized spacial score (nSPS) is 12.4. The van der Waals surface area contributed by atoms with Crippen molar-refractivity contribution in [2.24, 2.45) is 5.73 Å². The SMILES string of the molecule is CCc1cccc(NC(CCCN)COC)c1. The monoisotopic (exact) mass is 236 g/mol. The minimum absolute atomic E-state index is 0.343. The third-order valence-corrected chi connectivity index (χ3v) is 2.83.